The van der Waals surface area contributed by atoms with Crippen molar-refractivity contribution in [1.82, 2.24) is 10.6 Å². The van der Waals surface area contributed by atoms with Crippen LogP contribution in [0, 0.1) is 0 Å². The van der Waals surface area contributed by atoms with Crippen LogP contribution < -0.4 is 10.6 Å². The number of carbonyl (C=O) groups excluding carboxylic acids is 1. The molecule has 2 bridgehead atoms. The van der Waals surface area contributed by atoms with Crippen LogP contribution in [0.25, 0.3) is 0 Å². The third-order valence-corrected chi connectivity index (χ3v) is 5.31. The highest BCUT2D eigenvalue weighted by Gasteiger charge is 2.34. The Morgan fingerprint density at radius 1 is 0.958 bits per heavy atom. The van der Waals surface area contributed by atoms with Gasteiger partial charge in [-0.3, -0.25) is 4.79 Å². The van der Waals surface area contributed by atoms with Gasteiger partial charge in [0.2, 0.25) is 0 Å². The molecule has 124 valence electrons. The second kappa shape index (κ2) is 6.78. The first-order valence-corrected chi connectivity index (χ1v) is 8.96. The summed E-state index contributed by atoms with van der Waals surface area (Å²) in [5, 5.41) is 6.91. The van der Waals surface area contributed by atoms with Crippen molar-refractivity contribution in [3.05, 3.63) is 71.3 Å². The molecule has 2 fully saturated rings. The zero-order valence-corrected chi connectivity index (χ0v) is 13.9. The first-order valence-electron chi connectivity index (χ1n) is 8.96. The van der Waals surface area contributed by atoms with Crippen LogP contribution in [0.3, 0.4) is 0 Å². The lowest BCUT2D eigenvalue weighted by Crippen LogP contribution is -2.48. The monoisotopic (exact) mass is 320 g/mol. The van der Waals surface area contributed by atoms with E-state index in [2.05, 4.69) is 28.8 Å². The van der Waals surface area contributed by atoms with Gasteiger partial charge in [0.25, 0.3) is 5.91 Å². The van der Waals surface area contributed by atoms with Crippen LogP contribution in [-0.4, -0.2) is 24.0 Å². The van der Waals surface area contributed by atoms with E-state index < -0.39 is 0 Å². The molecule has 0 spiro atoms. The van der Waals surface area contributed by atoms with Crippen LogP contribution in [-0.2, 0) is 6.42 Å². The van der Waals surface area contributed by atoms with Crippen molar-refractivity contribution in [2.24, 2.45) is 0 Å². The maximum Gasteiger partial charge on any atom is 0.251 e. The molecule has 1 amide bonds. The fraction of sp³-hybridized carbons (Fsp3) is 0.381. The molecule has 2 N–H and O–H groups in total. The number of rotatable bonds is 4. The second-order valence-corrected chi connectivity index (χ2v) is 7.10. The quantitative estimate of drug-likeness (QED) is 0.907. The van der Waals surface area contributed by atoms with Crippen molar-refractivity contribution in [2.75, 3.05) is 0 Å². The van der Waals surface area contributed by atoms with Crippen LogP contribution in [0.2, 0.25) is 0 Å². The van der Waals surface area contributed by atoms with E-state index in [1.54, 1.807) is 0 Å². The zero-order chi connectivity index (χ0) is 16.4. The summed E-state index contributed by atoms with van der Waals surface area (Å²) >= 11 is 0. The van der Waals surface area contributed by atoms with E-state index in [1.165, 1.54) is 18.4 Å². The van der Waals surface area contributed by atoms with Crippen molar-refractivity contribution >= 4 is 5.91 Å². The highest BCUT2D eigenvalue weighted by molar-refractivity contribution is 5.96. The van der Waals surface area contributed by atoms with Gasteiger partial charge in [0.15, 0.2) is 0 Å². The molecule has 3 heteroatoms. The second-order valence-electron chi connectivity index (χ2n) is 7.10. The number of hydrogen-bond donors (Lipinski definition) is 2. The number of fused-ring (bicyclic) bond motifs is 2. The molecular formula is C21H24N2O. The average Bonchev–Trinajstić information content (AvgIpc) is 2.95. The lowest BCUT2D eigenvalue weighted by Gasteiger charge is -2.30. The van der Waals surface area contributed by atoms with Crippen LogP contribution in [0.5, 0.6) is 0 Å². The maximum absolute atomic E-state index is 12.8. The molecule has 2 aliphatic rings. The number of carbonyl (C=O) groups is 1. The highest BCUT2D eigenvalue weighted by atomic mass is 16.1. The summed E-state index contributed by atoms with van der Waals surface area (Å²) in [4.78, 5) is 12.8. The highest BCUT2D eigenvalue weighted by Crippen LogP contribution is 2.27. The summed E-state index contributed by atoms with van der Waals surface area (Å²) in [6, 6.07) is 19.8. The number of hydrogen-bond acceptors (Lipinski definition) is 2. The third kappa shape index (κ3) is 3.36. The molecule has 2 aromatic carbocycles. The average molecular weight is 320 g/mol. The van der Waals surface area contributed by atoms with E-state index in [1.807, 2.05) is 36.4 Å². The molecule has 2 heterocycles. The summed E-state index contributed by atoms with van der Waals surface area (Å²) in [5.41, 5.74) is 3.14. The van der Waals surface area contributed by atoms with Gasteiger partial charge in [-0.1, -0.05) is 48.5 Å². The van der Waals surface area contributed by atoms with Crippen molar-refractivity contribution in [1.29, 1.82) is 0 Å². The largest absolute Gasteiger partial charge is 0.349 e. The Hall–Kier alpha value is -2.13. The summed E-state index contributed by atoms with van der Waals surface area (Å²) in [7, 11) is 0. The molecule has 0 saturated carbocycles. The normalized spacial score (nSPS) is 25.4. The Morgan fingerprint density at radius 3 is 2.38 bits per heavy atom. The molecule has 24 heavy (non-hydrogen) atoms. The molecule has 0 aliphatic carbocycles. The molecule has 2 aromatic rings. The molecule has 2 aliphatic heterocycles. The molecule has 0 aromatic heterocycles. The first kappa shape index (κ1) is 15.4. The van der Waals surface area contributed by atoms with Gasteiger partial charge in [0.05, 0.1) is 0 Å². The lowest BCUT2D eigenvalue weighted by atomic mass is 9.97. The summed E-state index contributed by atoms with van der Waals surface area (Å²) < 4.78 is 0. The lowest BCUT2D eigenvalue weighted by molar-refractivity contribution is 0.0923. The fourth-order valence-electron chi connectivity index (χ4n) is 4.15. The Balaban J connectivity index is 1.48. The molecule has 4 rings (SSSR count). The van der Waals surface area contributed by atoms with Crippen molar-refractivity contribution in [3.63, 3.8) is 0 Å². The van der Waals surface area contributed by atoms with Crippen LogP contribution in [0.15, 0.2) is 54.6 Å². The van der Waals surface area contributed by atoms with E-state index >= 15 is 0 Å². The minimum atomic E-state index is 0.0767. The molecular weight excluding hydrogens is 296 g/mol. The first-order chi connectivity index (χ1) is 11.8. The Bertz CT molecular complexity index is 701. The van der Waals surface area contributed by atoms with Crippen molar-refractivity contribution < 1.29 is 4.79 Å². The zero-order valence-electron chi connectivity index (χ0n) is 13.9. The Labute approximate surface area is 143 Å². The van der Waals surface area contributed by atoms with Gasteiger partial charge in [0.1, 0.15) is 0 Å². The van der Waals surface area contributed by atoms with E-state index in [-0.39, 0.29) is 5.91 Å². The topological polar surface area (TPSA) is 41.1 Å². The van der Waals surface area contributed by atoms with Crippen LogP contribution >= 0.6 is 0 Å². The molecule has 0 radical (unpaired) electrons. The van der Waals surface area contributed by atoms with Crippen molar-refractivity contribution in [2.45, 2.75) is 50.2 Å². The number of nitrogens with one attached hydrogen (secondary N) is 2. The van der Waals surface area contributed by atoms with Gasteiger partial charge in [-0.15, -0.1) is 0 Å². The fourth-order valence-corrected chi connectivity index (χ4v) is 4.15. The maximum atomic E-state index is 12.8. The van der Waals surface area contributed by atoms with Crippen LogP contribution in [0.1, 0.15) is 47.2 Å². The molecule has 2 saturated heterocycles. The van der Waals surface area contributed by atoms with Gasteiger partial charge in [-0.05, 0) is 49.3 Å². The van der Waals surface area contributed by atoms with Crippen molar-refractivity contribution in [3.8, 4) is 0 Å². The van der Waals surface area contributed by atoms with E-state index in [0.29, 0.717) is 18.1 Å². The molecule has 2 unspecified atom stereocenters. The number of piperidine rings is 1. The molecule has 2 atom stereocenters. The minimum absolute atomic E-state index is 0.0767. The number of amides is 1. The SMILES string of the molecule is O=C(NC1CC2CCC(C1)N2)c1ccccc1Cc1ccccc1. The smallest absolute Gasteiger partial charge is 0.251 e. The van der Waals surface area contributed by atoms with Gasteiger partial charge >= 0.3 is 0 Å². The van der Waals surface area contributed by atoms with E-state index in [9.17, 15) is 4.79 Å². The predicted octanol–water partition coefficient (Wildman–Crippen LogP) is 3.29. The van der Waals surface area contributed by atoms with Crippen LogP contribution in [0.4, 0.5) is 0 Å². The van der Waals surface area contributed by atoms with Gasteiger partial charge in [0, 0.05) is 23.7 Å². The van der Waals surface area contributed by atoms with Gasteiger partial charge < -0.3 is 10.6 Å². The molecule has 3 nitrogen and oxygen atoms in total. The van der Waals surface area contributed by atoms with E-state index in [0.717, 1.165) is 30.4 Å². The minimum Gasteiger partial charge on any atom is -0.349 e. The third-order valence-electron chi connectivity index (χ3n) is 5.31. The summed E-state index contributed by atoms with van der Waals surface area (Å²) in [6.45, 7) is 0. The number of benzene rings is 2. The van der Waals surface area contributed by atoms with Gasteiger partial charge in [-0.25, -0.2) is 0 Å². The Kier molecular flexibility index (Phi) is 4.35. The predicted molar refractivity (Wildman–Crippen MR) is 96.1 cm³/mol. The summed E-state index contributed by atoms with van der Waals surface area (Å²) in [6.07, 6.45) is 5.41. The standard InChI is InChI=1S/C21H24N2O/c24-21(23-19-13-17-10-11-18(14-19)22-17)20-9-5-4-8-16(20)12-15-6-2-1-3-7-15/h1-9,17-19,22H,10-14H2,(H,23,24). The van der Waals surface area contributed by atoms with E-state index in [4.69, 9.17) is 0 Å². The van der Waals surface area contributed by atoms with Gasteiger partial charge in [-0.2, -0.15) is 0 Å². The Morgan fingerprint density at radius 2 is 1.62 bits per heavy atom. The summed E-state index contributed by atoms with van der Waals surface area (Å²) in [5.74, 6) is 0.0767.